The number of hydrogen-bond acceptors (Lipinski definition) is 0. The average molecular weight is 405 g/mol. The van der Waals surface area contributed by atoms with Crippen molar-refractivity contribution in [3.05, 3.63) is 119 Å². The van der Waals surface area contributed by atoms with E-state index in [1.54, 1.807) is 0 Å². The molecule has 1 aliphatic heterocycles. The van der Waals surface area contributed by atoms with Gasteiger partial charge in [0.15, 0.2) is 0 Å². The third kappa shape index (κ3) is 2.77. The largest absolute Gasteiger partial charge is 0.200 e. The predicted molar refractivity (Wildman–Crippen MR) is 135 cm³/mol. The van der Waals surface area contributed by atoms with E-state index in [1.807, 2.05) is 0 Å². The molecule has 0 amide bonds. The van der Waals surface area contributed by atoms with Gasteiger partial charge >= 0.3 is 0 Å². The maximum absolute atomic E-state index is 2.38. The third-order valence-electron chi connectivity index (χ3n) is 6.50. The van der Waals surface area contributed by atoms with Gasteiger partial charge in [-0.05, 0) is 86.0 Å². The molecule has 0 radical (unpaired) electrons. The van der Waals surface area contributed by atoms with Gasteiger partial charge in [0, 0.05) is 10.8 Å². The van der Waals surface area contributed by atoms with E-state index in [9.17, 15) is 0 Å². The maximum atomic E-state index is 2.38. The van der Waals surface area contributed by atoms with Gasteiger partial charge < -0.3 is 0 Å². The van der Waals surface area contributed by atoms with Crippen LogP contribution in [0.5, 0.6) is 0 Å². The lowest BCUT2D eigenvalue weighted by atomic mass is 9.91. The van der Waals surface area contributed by atoms with E-state index in [-0.39, 0.29) is 0 Å². The first-order valence-electron chi connectivity index (χ1n) is 10.5. The molecular formula is C29H24S. The second-order valence-corrected chi connectivity index (χ2v) is 12.3. The lowest BCUT2D eigenvalue weighted by molar-refractivity contribution is 1.05. The Morgan fingerprint density at radius 1 is 0.733 bits per heavy atom. The van der Waals surface area contributed by atoms with Crippen LogP contribution in [0.4, 0.5) is 0 Å². The van der Waals surface area contributed by atoms with Gasteiger partial charge in [-0.15, -0.1) is 0 Å². The Balaban J connectivity index is 1.46. The zero-order valence-electron chi connectivity index (χ0n) is 17.3. The third-order valence-corrected chi connectivity index (χ3v) is 8.84. The fourth-order valence-electron chi connectivity index (χ4n) is 4.87. The van der Waals surface area contributed by atoms with Crippen molar-refractivity contribution >= 4 is 42.6 Å². The van der Waals surface area contributed by atoms with Crippen LogP contribution in [0.1, 0.15) is 28.2 Å². The quantitative estimate of drug-likeness (QED) is 0.296. The summed E-state index contributed by atoms with van der Waals surface area (Å²) < 4.78 is 0. The zero-order chi connectivity index (χ0) is 20.3. The molecule has 6 rings (SSSR count). The van der Waals surface area contributed by atoms with E-state index < -0.39 is 10.0 Å². The second-order valence-electron chi connectivity index (χ2n) is 8.75. The Morgan fingerprint density at radius 3 is 2.33 bits per heavy atom. The second kappa shape index (κ2) is 6.48. The van der Waals surface area contributed by atoms with Crippen LogP contribution in [-0.2, 0) is 0 Å². The summed E-state index contributed by atoms with van der Waals surface area (Å²) in [6, 6.07) is 27.3. The molecule has 1 unspecified atom stereocenters. The Hall–Kier alpha value is -3.03. The molecular weight excluding hydrogens is 380 g/mol. The van der Waals surface area contributed by atoms with Crippen LogP contribution in [0.25, 0.3) is 32.5 Å². The van der Waals surface area contributed by atoms with Crippen molar-refractivity contribution in [2.45, 2.75) is 5.92 Å². The summed E-state index contributed by atoms with van der Waals surface area (Å²) in [6.07, 6.45) is 13.8. The van der Waals surface area contributed by atoms with Crippen molar-refractivity contribution in [1.82, 2.24) is 0 Å². The molecule has 0 bridgehead atoms. The van der Waals surface area contributed by atoms with E-state index in [0.29, 0.717) is 5.92 Å². The van der Waals surface area contributed by atoms with Crippen molar-refractivity contribution in [2.24, 2.45) is 0 Å². The summed E-state index contributed by atoms with van der Waals surface area (Å²) in [5.74, 6) is 0.353. The van der Waals surface area contributed by atoms with E-state index in [4.69, 9.17) is 0 Å². The number of allylic oxidation sites excluding steroid dienone is 3. The van der Waals surface area contributed by atoms with Crippen molar-refractivity contribution < 1.29 is 0 Å². The van der Waals surface area contributed by atoms with Gasteiger partial charge in [-0.1, -0.05) is 72.8 Å². The highest BCUT2D eigenvalue weighted by molar-refractivity contribution is 8.42. The normalized spacial score (nSPS) is 19.9. The zero-order valence-corrected chi connectivity index (χ0v) is 18.1. The molecule has 1 heteroatoms. The van der Waals surface area contributed by atoms with Gasteiger partial charge in [-0.3, -0.25) is 0 Å². The fraction of sp³-hybridized carbons (Fsp3) is 0.103. The van der Waals surface area contributed by atoms with Crippen molar-refractivity contribution in [3.63, 3.8) is 0 Å². The summed E-state index contributed by atoms with van der Waals surface area (Å²) in [4.78, 5) is 1.48. The van der Waals surface area contributed by atoms with E-state index in [0.717, 1.165) is 0 Å². The summed E-state index contributed by atoms with van der Waals surface area (Å²) in [7, 11) is -0.825. The molecule has 0 nitrogen and oxygen atoms in total. The average Bonchev–Trinajstić information content (AvgIpc) is 3.34. The van der Waals surface area contributed by atoms with E-state index in [2.05, 4.69) is 115 Å². The summed E-state index contributed by atoms with van der Waals surface area (Å²) in [5.41, 5.74) is 5.48. The molecule has 0 N–H and O–H groups in total. The molecule has 1 aliphatic carbocycles. The maximum Gasteiger partial charge on any atom is 0.0278 e. The van der Waals surface area contributed by atoms with E-state index in [1.165, 1.54) is 48.7 Å². The first-order chi connectivity index (χ1) is 14.6. The van der Waals surface area contributed by atoms with Crippen LogP contribution >= 0.6 is 10.0 Å². The van der Waals surface area contributed by atoms with E-state index >= 15 is 0 Å². The van der Waals surface area contributed by atoms with Crippen LogP contribution in [0.3, 0.4) is 0 Å². The van der Waals surface area contributed by atoms with Gasteiger partial charge in [-0.2, -0.15) is 10.0 Å². The monoisotopic (exact) mass is 404 g/mol. The molecule has 0 aromatic heterocycles. The first kappa shape index (κ1) is 17.8. The topological polar surface area (TPSA) is 0 Å². The highest BCUT2D eigenvalue weighted by atomic mass is 32.3. The molecule has 0 saturated carbocycles. The minimum absolute atomic E-state index is 0.353. The number of benzene rings is 4. The van der Waals surface area contributed by atoms with Gasteiger partial charge in [-0.25, -0.2) is 0 Å². The molecule has 0 spiro atoms. The Bertz CT molecular complexity index is 1420. The minimum Gasteiger partial charge on any atom is -0.200 e. The van der Waals surface area contributed by atoms with Crippen LogP contribution in [0.15, 0.2) is 96.4 Å². The highest BCUT2D eigenvalue weighted by Gasteiger charge is 2.20. The lowest BCUT2D eigenvalue weighted by Crippen LogP contribution is -1.95. The first-order valence-corrected chi connectivity index (χ1v) is 13.0. The smallest absolute Gasteiger partial charge is 0.0278 e. The lowest BCUT2D eigenvalue weighted by Gasteiger charge is -2.27. The highest BCUT2D eigenvalue weighted by Crippen LogP contribution is 2.58. The van der Waals surface area contributed by atoms with Crippen molar-refractivity contribution in [2.75, 3.05) is 12.5 Å². The fourth-order valence-corrected chi connectivity index (χ4v) is 6.66. The minimum atomic E-state index is -0.825. The van der Waals surface area contributed by atoms with Gasteiger partial charge in [0.1, 0.15) is 0 Å². The predicted octanol–water partition coefficient (Wildman–Crippen LogP) is 8.08. The molecule has 30 heavy (non-hydrogen) atoms. The summed E-state index contributed by atoms with van der Waals surface area (Å²) in [6.45, 7) is 0. The molecule has 1 atom stereocenters. The molecule has 4 aromatic carbocycles. The summed E-state index contributed by atoms with van der Waals surface area (Å²) in [5, 5.41) is 7.63. The SMILES string of the molecule is CS1(C)C=CC=C1c1ccc2cc3ccc(C4C=Cc5ccccc54)cc3cc2c1. The molecule has 2 aliphatic rings. The Labute approximate surface area is 179 Å². The molecule has 1 heterocycles. The Morgan fingerprint density at radius 2 is 1.50 bits per heavy atom. The van der Waals surface area contributed by atoms with Gasteiger partial charge in [0.25, 0.3) is 0 Å². The standard InChI is InChI=1S/C29H24S/c1-30(2)15-5-8-29(30)24-12-10-22-16-21-9-11-23(17-25(21)19-26(22)18-24)28-14-13-20-6-3-4-7-27(20)28/h3-19,28H,1-2H3. The van der Waals surface area contributed by atoms with Crippen molar-refractivity contribution in [3.8, 4) is 0 Å². The number of rotatable bonds is 2. The summed E-state index contributed by atoms with van der Waals surface area (Å²) >= 11 is 0. The Kier molecular flexibility index (Phi) is 3.85. The molecule has 4 aromatic rings. The molecule has 146 valence electrons. The van der Waals surface area contributed by atoms with Crippen LogP contribution in [0, 0.1) is 0 Å². The molecule has 0 saturated heterocycles. The van der Waals surface area contributed by atoms with Crippen LogP contribution < -0.4 is 0 Å². The van der Waals surface area contributed by atoms with Crippen molar-refractivity contribution in [1.29, 1.82) is 0 Å². The number of fused-ring (bicyclic) bond motifs is 3. The van der Waals surface area contributed by atoms with Crippen LogP contribution in [0.2, 0.25) is 0 Å². The van der Waals surface area contributed by atoms with Gasteiger partial charge in [0.05, 0.1) is 0 Å². The number of hydrogen-bond donors (Lipinski definition) is 0. The van der Waals surface area contributed by atoms with Gasteiger partial charge in [0.2, 0.25) is 0 Å². The molecule has 0 fully saturated rings. The van der Waals surface area contributed by atoms with Crippen LogP contribution in [-0.4, -0.2) is 12.5 Å².